The largest absolute Gasteiger partial charge is 0.497 e. The molecule has 6 nitrogen and oxygen atoms in total. The first kappa shape index (κ1) is 20.8. The predicted molar refractivity (Wildman–Crippen MR) is 125 cm³/mol. The summed E-state index contributed by atoms with van der Waals surface area (Å²) in [6, 6.07) is 18.4. The van der Waals surface area contributed by atoms with Gasteiger partial charge in [-0.05, 0) is 37.1 Å². The molecule has 0 N–H and O–H groups in total. The normalized spacial score (nSPS) is 17.6. The first-order valence-corrected chi connectivity index (χ1v) is 11.6. The number of rotatable bonds is 5. The molecule has 0 spiro atoms. The van der Waals surface area contributed by atoms with E-state index in [2.05, 4.69) is 4.90 Å². The van der Waals surface area contributed by atoms with Crippen molar-refractivity contribution in [2.24, 2.45) is 0 Å². The van der Waals surface area contributed by atoms with Crippen LogP contribution < -0.4 is 4.74 Å². The van der Waals surface area contributed by atoms with Crippen molar-refractivity contribution in [1.29, 1.82) is 0 Å². The Hall–Kier alpha value is -3.12. The quantitative estimate of drug-likeness (QED) is 0.607. The van der Waals surface area contributed by atoms with Gasteiger partial charge in [-0.3, -0.25) is 9.69 Å². The van der Waals surface area contributed by atoms with Crippen LogP contribution in [0.2, 0.25) is 0 Å². The summed E-state index contributed by atoms with van der Waals surface area (Å²) in [7, 11) is 1.65. The number of para-hydroxylation sites is 1. The third kappa shape index (κ3) is 4.15. The summed E-state index contributed by atoms with van der Waals surface area (Å²) >= 11 is 0. The van der Waals surface area contributed by atoms with Crippen LogP contribution in [0, 0.1) is 0 Å². The van der Waals surface area contributed by atoms with Gasteiger partial charge >= 0.3 is 0 Å². The van der Waals surface area contributed by atoms with Gasteiger partial charge < -0.3 is 9.64 Å². The van der Waals surface area contributed by atoms with E-state index in [0.717, 1.165) is 43.2 Å². The number of carbonyl (C=O) groups is 1. The number of aromatic nitrogens is 2. The molecule has 1 saturated heterocycles. The van der Waals surface area contributed by atoms with Crippen LogP contribution in [0.3, 0.4) is 0 Å². The SMILES string of the molecule is COc1cccc(-c2nn(-c3ccccc3)cc2C(=O)N2CCN(C3CCCC3)CC2)c1. The lowest BCUT2D eigenvalue weighted by atomic mass is 10.1. The molecule has 2 fully saturated rings. The fraction of sp³-hybridized carbons (Fsp3) is 0.385. The van der Waals surface area contributed by atoms with Crippen molar-refractivity contribution in [3.63, 3.8) is 0 Å². The Kier molecular flexibility index (Phi) is 5.95. The molecule has 1 aromatic heterocycles. The van der Waals surface area contributed by atoms with E-state index in [0.29, 0.717) is 17.3 Å². The van der Waals surface area contributed by atoms with Crippen LogP contribution in [0.15, 0.2) is 60.8 Å². The molecule has 0 radical (unpaired) electrons. The summed E-state index contributed by atoms with van der Waals surface area (Å²) in [6.07, 6.45) is 7.16. The molecule has 0 unspecified atom stereocenters. The number of piperazine rings is 1. The molecular weight excluding hydrogens is 400 g/mol. The minimum atomic E-state index is 0.0519. The zero-order valence-corrected chi connectivity index (χ0v) is 18.6. The van der Waals surface area contributed by atoms with Gasteiger partial charge in [0.25, 0.3) is 5.91 Å². The van der Waals surface area contributed by atoms with Crippen molar-refractivity contribution in [3.05, 3.63) is 66.4 Å². The second-order valence-corrected chi connectivity index (χ2v) is 8.67. The van der Waals surface area contributed by atoms with Crippen molar-refractivity contribution in [2.75, 3.05) is 33.3 Å². The number of hydrogen-bond donors (Lipinski definition) is 0. The number of nitrogens with zero attached hydrogens (tertiary/aromatic N) is 4. The maximum absolute atomic E-state index is 13.6. The molecule has 6 heteroatoms. The molecule has 1 aliphatic carbocycles. The van der Waals surface area contributed by atoms with E-state index in [1.54, 1.807) is 11.8 Å². The average molecular weight is 431 g/mol. The van der Waals surface area contributed by atoms with Gasteiger partial charge in [-0.25, -0.2) is 4.68 Å². The zero-order chi connectivity index (χ0) is 21.9. The van der Waals surface area contributed by atoms with Crippen LogP contribution in [-0.4, -0.2) is 64.8 Å². The summed E-state index contributed by atoms with van der Waals surface area (Å²) in [5, 5.41) is 4.82. The number of hydrogen-bond acceptors (Lipinski definition) is 4. The van der Waals surface area contributed by atoms with Gasteiger partial charge in [0, 0.05) is 44.0 Å². The standard InChI is InChI=1S/C26H30N4O2/c1-32-23-13-7-8-20(18-23)25-24(19-30(27-25)22-11-3-2-4-12-22)26(31)29-16-14-28(15-17-29)21-9-5-6-10-21/h2-4,7-8,11-13,18-19,21H,5-6,9-10,14-17H2,1H3. The maximum atomic E-state index is 13.6. The number of methoxy groups -OCH3 is 1. The van der Waals surface area contributed by atoms with Crippen LogP contribution in [0.25, 0.3) is 16.9 Å². The summed E-state index contributed by atoms with van der Waals surface area (Å²) in [5.41, 5.74) is 3.14. The topological polar surface area (TPSA) is 50.6 Å². The Morgan fingerprint density at radius 2 is 1.72 bits per heavy atom. The Balaban J connectivity index is 1.44. The fourth-order valence-corrected chi connectivity index (χ4v) is 4.96. The van der Waals surface area contributed by atoms with Gasteiger partial charge in [0.2, 0.25) is 0 Å². The highest BCUT2D eigenvalue weighted by atomic mass is 16.5. The lowest BCUT2D eigenvalue weighted by Gasteiger charge is -2.38. The first-order valence-electron chi connectivity index (χ1n) is 11.6. The second-order valence-electron chi connectivity index (χ2n) is 8.67. The van der Waals surface area contributed by atoms with Crippen LogP contribution in [0.1, 0.15) is 36.0 Å². The third-order valence-electron chi connectivity index (χ3n) is 6.75. The Morgan fingerprint density at radius 1 is 0.969 bits per heavy atom. The van der Waals surface area contributed by atoms with Crippen LogP contribution in [-0.2, 0) is 0 Å². The van der Waals surface area contributed by atoms with Crippen LogP contribution >= 0.6 is 0 Å². The summed E-state index contributed by atoms with van der Waals surface area (Å²) in [4.78, 5) is 18.2. The number of ether oxygens (including phenoxy) is 1. The molecule has 32 heavy (non-hydrogen) atoms. The first-order chi connectivity index (χ1) is 15.7. The summed E-state index contributed by atoms with van der Waals surface area (Å²) in [5.74, 6) is 0.802. The molecule has 1 aliphatic heterocycles. The summed E-state index contributed by atoms with van der Waals surface area (Å²) in [6.45, 7) is 3.45. The number of carbonyl (C=O) groups excluding carboxylic acids is 1. The molecule has 0 bridgehead atoms. The predicted octanol–water partition coefficient (Wildman–Crippen LogP) is 4.25. The van der Waals surface area contributed by atoms with Gasteiger partial charge in [-0.1, -0.05) is 43.2 Å². The molecule has 2 aromatic carbocycles. The molecule has 2 heterocycles. The molecule has 3 aromatic rings. The number of amides is 1. The molecule has 166 valence electrons. The van der Waals surface area contributed by atoms with Crippen LogP contribution in [0.5, 0.6) is 5.75 Å². The van der Waals surface area contributed by atoms with Crippen molar-refractivity contribution < 1.29 is 9.53 Å². The van der Waals surface area contributed by atoms with Crippen LogP contribution in [0.4, 0.5) is 0 Å². The van der Waals surface area contributed by atoms with Gasteiger partial charge in [0.15, 0.2) is 0 Å². The third-order valence-corrected chi connectivity index (χ3v) is 6.75. The lowest BCUT2D eigenvalue weighted by molar-refractivity contribution is 0.0574. The molecule has 5 rings (SSSR count). The lowest BCUT2D eigenvalue weighted by Crippen LogP contribution is -2.51. The zero-order valence-electron chi connectivity index (χ0n) is 18.6. The Morgan fingerprint density at radius 3 is 2.44 bits per heavy atom. The van der Waals surface area contributed by atoms with Gasteiger partial charge in [-0.15, -0.1) is 0 Å². The van der Waals surface area contributed by atoms with Gasteiger partial charge in [0.05, 0.1) is 18.4 Å². The van der Waals surface area contributed by atoms with E-state index in [4.69, 9.17) is 9.84 Å². The highest BCUT2D eigenvalue weighted by molar-refractivity contribution is 6.00. The minimum Gasteiger partial charge on any atom is -0.497 e. The molecule has 0 atom stereocenters. The smallest absolute Gasteiger partial charge is 0.257 e. The van der Waals surface area contributed by atoms with E-state index in [1.807, 2.05) is 65.7 Å². The van der Waals surface area contributed by atoms with E-state index >= 15 is 0 Å². The Labute approximate surface area is 189 Å². The second kappa shape index (κ2) is 9.17. The highest BCUT2D eigenvalue weighted by Crippen LogP contribution is 2.29. The molecular formula is C26H30N4O2. The van der Waals surface area contributed by atoms with Gasteiger partial charge in [0.1, 0.15) is 11.4 Å². The molecule has 1 saturated carbocycles. The van der Waals surface area contributed by atoms with Gasteiger partial charge in [-0.2, -0.15) is 5.10 Å². The van der Waals surface area contributed by atoms with Crippen molar-refractivity contribution in [1.82, 2.24) is 19.6 Å². The molecule has 1 amide bonds. The summed E-state index contributed by atoms with van der Waals surface area (Å²) < 4.78 is 7.21. The van der Waals surface area contributed by atoms with Crippen molar-refractivity contribution in [3.8, 4) is 22.7 Å². The minimum absolute atomic E-state index is 0.0519. The van der Waals surface area contributed by atoms with Crippen molar-refractivity contribution >= 4 is 5.91 Å². The fourth-order valence-electron chi connectivity index (χ4n) is 4.96. The Bertz CT molecular complexity index is 1060. The number of benzene rings is 2. The van der Waals surface area contributed by atoms with E-state index < -0.39 is 0 Å². The maximum Gasteiger partial charge on any atom is 0.257 e. The van der Waals surface area contributed by atoms with E-state index in [-0.39, 0.29) is 5.91 Å². The molecule has 2 aliphatic rings. The van der Waals surface area contributed by atoms with Crippen molar-refractivity contribution in [2.45, 2.75) is 31.7 Å². The van der Waals surface area contributed by atoms with E-state index in [9.17, 15) is 4.79 Å². The monoisotopic (exact) mass is 430 g/mol. The average Bonchev–Trinajstić information content (AvgIpc) is 3.55. The highest BCUT2D eigenvalue weighted by Gasteiger charge is 2.30. The van der Waals surface area contributed by atoms with E-state index in [1.165, 1.54) is 25.7 Å².